The molecule has 29 heavy (non-hydrogen) atoms. The van der Waals surface area contributed by atoms with Gasteiger partial charge in [-0.2, -0.15) is 5.10 Å². The Bertz CT molecular complexity index is 898. The maximum atomic E-state index is 5.94. The van der Waals surface area contributed by atoms with Crippen LogP contribution in [0.2, 0.25) is 0 Å². The fraction of sp³-hybridized carbons (Fsp3) is 0.409. The van der Waals surface area contributed by atoms with Crippen molar-refractivity contribution < 1.29 is 9.47 Å². The number of hydrogen-bond donors (Lipinski definition) is 2. The summed E-state index contributed by atoms with van der Waals surface area (Å²) in [6.45, 7) is 3.20. The van der Waals surface area contributed by atoms with Crippen LogP contribution in [0.1, 0.15) is 19.3 Å². The number of aromatic nitrogens is 2. The molecule has 1 aliphatic rings. The third-order valence-electron chi connectivity index (χ3n) is 5.39. The second-order valence-electron chi connectivity index (χ2n) is 7.52. The van der Waals surface area contributed by atoms with Crippen LogP contribution in [0.15, 0.2) is 42.5 Å². The van der Waals surface area contributed by atoms with Crippen molar-refractivity contribution in [2.45, 2.75) is 19.3 Å². The second kappa shape index (κ2) is 9.33. The molecule has 2 N–H and O–H groups in total. The van der Waals surface area contributed by atoms with Gasteiger partial charge in [0.25, 0.3) is 0 Å². The second-order valence-corrected chi connectivity index (χ2v) is 8.57. The predicted octanol–water partition coefficient (Wildman–Crippen LogP) is 5.00. The van der Waals surface area contributed by atoms with Gasteiger partial charge in [-0.15, -0.1) is 0 Å². The molecule has 4 rings (SSSR count). The minimum absolute atomic E-state index is 0.781. The Hall–Kier alpha value is -2.51. The topological polar surface area (TPSA) is 62.4 Å². The van der Waals surface area contributed by atoms with Crippen LogP contribution in [-0.2, 0) is 0 Å². The lowest BCUT2D eigenvalue weighted by molar-refractivity contribution is 0.187. The number of aromatic amines is 1. The van der Waals surface area contributed by atoms with Crippen LogP contribution >= 0.6 is 11.3 Å². The highest BCUT2D eigenvalue weighted by Crippen LogP contribution is 2.33. The number of piperidine rings is 1. The van der Waals surface area contributed by atoms with Crippen LogP contribution in [0.5, 0.6) is 10.8 Å². The van der Waals surface area contributed by atoms with E-state index in [1.54, 1.807) is 18.4 Å². The Morgan fingerprint density at radius 3 is 2.69 bits per heavy atom. The van der Waals surface area contributed by atoms with E-state index in [1.807, 2.05) is 42.5 Å². The summed E-state index contributed by atoms with van der Waals surface area (Å²) in [4.78, 5) is 3.50. The van der Waals surface area contributed by atoms with Gasteiger partial charge in [-0.3, -0.25) is 5.10 Å². The number of anilines is 2. The molecular formula is C22H28N4O2S. The minimum Gasteiger partial charge on any atom is -0.494 e. The first kappa shape index (κ1) is 19.8. The zero-order valence-corrected chi connectivity index (χ0v) is 17.8. The SMILES string of the molecule is COc1ccc(-c2cc(Nc3ccc(OCCC4CCN(C)CC4)cc3)n[nH]2)s1. The summed E-state index contributed by atoms with van der Waals surface area (Å²) in [5.41, 5.74) is 1.95. The Kier molecular flexibility index (Phi) is 6.36. The largest absolute Gasteiger partial charge is 0.494 e. The molecule has 3 aromatic rings. The first-order chi connectivity index (χ1) is 14.2. The molecule has 0 amide bonds. The lowest BCUT2D eigenvalue weighted by Gasteiger charge is -2.28. The van der Waals surface area contributed by atoms with Crippen LogP contribution < -0.4 is 14.8 Å². The third-order valence-corrected chi connectivity index (χ3v) is 6.47. The molecule has 3 heterocycles. The van der Waals surface area contributed by atoms with Crippen molar-refractivity contribution in [3.8, 4) is 21.4 Å². The first-order valence-corrected chi connectivity index (χ1v) is 10.9. The fourth-order valence-electron chi connectivity index (χ4n) is 3.56. The highest BCUT2D eigenvalue weighted by molar-refractivity contribution is 7.17. The molecule has 0 unspecified atom stereocenters. The first-order valence-electron chi connectivity index (χ1n) is 10.1. The summed E-state index contributed by atoms with van der Waals surface area (Å²) < 4.78 is 11.2. The van der Waals surface area contributed by atoms with Gasteiger partial charge in [0, 0.05) is 11.8 Å². The zero-order chi connectivity index (χ0) is 20.1. The number of H-pyrrole nitrogens is 1. The van der Waals surface area contributed by atoms with E-state index >= 15 is 0 Å². The molecular weight excluding hydrogens is 384 g/mol. The van der Waals surface area contributed by atoms with E-state index in [-0.39, 0.29) is 0 Å². The summed E-state index contributed by atoms with van der Waals surface area (Å²) in [5, 5.41) is 11.6. The molecule has 2 aromatic heterocycles. The molecule has 0 atom stereocenters. The number of benzene rings is 1. The number of ether oxygens (including phenoxy) is 2. The minimum atomic E-state index is 0.781. The van der Waals surface area contributed by atoms with Gasteiger partial charge in [0.05, 0.1) is 24.3 Å². The summed E-state index contributed by atoms with van der Waals surface area (Å²) >= 11 is 1.59. The molecule has 0 spiro atoms. The normalized spacial score (nSPS) is 15.4. The number of thiophene rings is 1. The molecule has 1 aliphatic heterocycles. The molecule has 154 valence electrons. The van der Waals surface area contributed by atoms with Crippen molar-refractivity contribution in [2.75, 3.05) is 39.2 Å². The van der Waals surface area contributed by atoms with Crippen molar-refractivity contribution in [3.63, 3.8) is 0 Å². The highest BCUT2D eigenvalue weighted by atomic mass is 32.1. The lowest BCUT2D eigenvalue weighted by Crippen LogP contribution is -2.30. The van der Waals surface area contributed by atoms with E-state index in [0.717, 1.165) is 51.8 Å². The maximum Gasteiger partial charge on any atom is 0.173 e. The van der Waals surface area contributed by atoms with E-state index in [4.69, 9.17) is 9.47 Å². The van der Waals surface area contributed by atoms with Gasteiger partial charge in [-0.1, -0.05) is 11.3 Å². The molecule has 7 heteroatoms. The van der Waals surface area contributed by atoms with Crippen LogP contribution in [0.4, 0.5) is 11.5 Å². The van der Waals surface area contributed by atoms with Gasteiger partial charge in [-0.25, -0.2) is 0 Å². The van der Waals surface area contributed by atoms with Gasteiger partial charge in [0.1, 0.15) is 5.75 Å². The summed E-state index contributed by atoms with van der Waals surface area (Å²) in [7, 11) is 3.88. The number of nitrogens with one attached hydrogen (secondary N) is 2. The molecule has 6 nitrogen and oxygen atoms in total. The van der Waals surface area contributed by atoms with Crippen LogP contribution in [0.25, 0.3) is 10.6 Å². The van der Waals surface area contributed by atoms with Crippen LogP contribution in [0, 0.1) is 5.92 Å². The Morgan fingerprint density at radius 1 is 1.17 bits per heavy atom. The quantitative estimate of drug-likeness (QED) is 0.545. The standard InChI is InChI=1S/C22H28N4O2S/c1-26-12-9-16(10-13-26)11-14-28-18-5-3-17(4-6-18)23-21-15-19(24-25-21)20-7-8-22(27-2)29-20/h3-8,15-16H,9-14H2,1-2H3,(H2,23,24,25). The van der Waals surface area contributed by atoms with Gasteiger partial charge in [-0.05, 0) is 81.7 Å². The molecule has 0 aliphatic carbocycles. The summed E-state index contributed by atoms with van der Waals surface area (Å²) in [5.74, 6) is 2.49. The van der Waals surface area contributed by atoms with Gasteiger partial charge in [0.2, 0.25) is 0 Å². The molecule has 0 bridgehead atoms. The number of methoxy groups -OCH3 is 1. The van der Waals surface area contributed by atoms with Crippen LogP contribution in [0.3, 0.4) is 0 Å². The summed E-state index contributed by atoms with van der Waals surface area (Å²) in [6, 6.07) is 14.0. The van der Waals surface area contributed by atoms with Crippen molar-refractivity contribution in [3.05, 3.63) is 42.5 Å². The highest BCUT2D eigenvalue weighted by Gasteiger charge is 2.16. The van der Waals surface area contributed by atoms with E-state index in [9.17, 15) is 0 Å². The van der Waals surface area contributed by atoms with Gasteiger partial charge >= 0.3 is 0 Å². The molecule has 0 saturated carbocycles. The maximum absolute atomic E-state index is 5.94. The smallest absolute Gasteiger partial charge is 0.173 e. The fourth-order valence-corrected chi connectivity index (χ4v) is 4.35. The molecule has 1 aromatic carbocycles. The number of likely N-dealkylation sites (tertiary alicyclic amines) is 1. The Balaban J connectivity index is 1.26. The van der Waals surface area contributed by atoms with Crippen LogP contribution in [-0.4, -0.2) is 49.0 Å². The van der Waals surface area contributed by atoms with E-state index < -0.39 is 0 Å². The lowest BCUT2D eigenvalue weighted by atomic mass is 9.94. The molecule has 1 fully saturated rings. The zero-order valence-electron chi connectivity index (χ0n) is 17.0. The van der Waals surface area contributed by atoms with Gasteiger partial charge in [0.15, 0.2) is 10.9 Å². The molecule has 1 saturated heterocycles. The Morgan fingerprint density at radius 2 is 1.97 bits per heavy atom. The van der Waals surface area contributed by atoms with Crippen molar-refractivity contribution in [2.24, 2.45) is 5.92 Å². The average molecular weight is 413 g/mol. The number of rotatable bonds is 8. The molecule has 0 radical (unpaired) electrons. The van der Waals surface area contributed by atoms with E-state index in [1.165, 1.54) is 25.9 Å². The predicted molar refractivity (Wildman–Crippen MR) is 119 cm³/mol. The monoisotopic (exact) mass is 412 g/mol. The average Bonchev–Trinajstić information content (AvgIpc) is 3.40. The van der Waals surface area contributed by atoms with Gasteiger partial charge < -0.3 is 19.7 Å². The van der Waals surface area contributed by atoms with Crippen molar-refractivity contribution in [1.29, 1.82) is 0 Å². The van der Waals surface area contributed by atoms with E-state index in [2.05, 4.69) is 27.5 Å². The third kappa shape index (κ3) is 5.31. The van der Waals surface area contributed by atoms with E-state index in [0.29, 0.717) is 0 Å². The van der Waals surface area contributed by atoms with Crippen molar-refractivity contribution >= 4 is 22.8 Å². The number of hydrogen-bond acceptors (Lipinski definition) is 6. The number of nitrogens with zero attached hydrogens (tertiary/aromatic N) is 2. The van der Waals surface area contributed by atoms with Crippen molar-refractivity contribution in [1.82, 2.24) is 15.1 Å². The Labute approximate surface area is 175 Å². The summed E-state index contributed by atoms with van der Waals surface area (Å²) in [6.07, 6.45) is 3.71.